The van der Waals surface area contributed by atoms with Crippen molar-refractivity contribution in [1.82, 2.24) is 15.4 Å². The summed E-state index contributed by atoms with van der Waals surface area (Å²) in [6.45, 7) is 2.04. The molecule has 1 aromatic carbocycles. The molecule has 0 radical (unpaired) electrons. The van der Waals surface area contributed by atoms with E-state index in [1.165, 1.54) is 27.1 Å². The van der Waals surface area contributed by atoms with Crippen molar-refractivity contribution in [2.75, 3.05) is 26.8 Å². The Labute approximate surface area is 158 Å². The van der Waals surface area contributed by atoms with Crippen molar-refractivity contribution in [3.8, 4) is 0 Å². The maximum atomic E-state index is 13.0. The summed E-state index contributed by atoms with van der Waals surface area (Å²) >= 11 is 0. The molecule has 2 N–H and O–H groups in total. The second-order valence-corrected chi connectivity index (χ2v) is 7.69. The Morgan fingerprint density at radius 1 is 1.30 bits per heavy atom. The molecule has 0 unspecified atom stereocenters. The zero-order chi connectivity index (χ0) is 18.4. The summed E-state index contributed by atoms with van der Waals surface area (Å²) in [5.41, 5.74) is 4.98. The van der Waals surface area contributed by atoms with E-state index < -0.39 is 0 Å². The number of hydrogen-bond donors (Lipinski definition) is 2. The number of aromatic amines is 1. The molecule has 0 bridgehead atoms. The van der Waals surface area contributed by atoms with Gasteiger partial charge in [0.1, 0.15) is 0 Å². The first-order valence-electron chi connectivity index (χ1n) is 9.77. The number of amides is 1. The summed E-state index contributed by atoms with van der Waals surface area (Å²) in [7, 11) is 1.73. The Morgan fingerprint density at radius 3 is 3.00 bits per heavy atom. The highest BCUT2D eigenvalue weighted by molar-refractivity contribution is 5.99. The van der Waals surface area contributed by atoms with E-state index in [4.69, 9.17) is 9.57 Å². The average Bonchev–Trinajstić information content (AvgIpc) is 3.12. The van der Waals surface area contributed by atoms with Crippen LogP contribution in [0, 0.1) is 5.92 Å². The van der Waals surface area contributed by atoms with Gasteiger partial charge in [0.2, 0.25) is 0 Å². The largest absolute Gasteiger partial charge is 0.381 e. The lowest BCUT2D eigenvalue weighted by Gasteiger charge is -2.35. The van der Waals surface area contributed by atoms with Gasteiger partial charge < -0.3 is 15.0 Å². The summed E-state index contributed by atoms with van der Waals surface area (Å²) in [5.74, 6) is -0.205. The van der Waals surface area contributed by atoms with E-state index in [1.54, 1.807) is 7.05 Å². The minimum absolute atomic E-state index is 0.00647. The van der Waals surface area contributed by atoms with Crippen LogP contribution in [0.15, 0.2) is 30.5 Å². The Bertz CT molecular complexity index is 897. The molecule has 3 aliphatic rings. The fourth-order valence-electron chi connectivity index (χ4n) is 4.56. The maximum Gasteiger partial charge on any atom is 0.254 e. The predicted octanol–water partition coefficient (Wildman–Crippen LogP) is 2.26. The fourth-order valence-corrected chi connectivity index (χ4v) is 4.56. The number of carbonyl (C=O) groups is 1. The molecule has 0 spiro atoms. The third-order valence-electron chi connectivity index (χ3n) is 5.97. The Hall–Kier alpha value is -2.15. The second-order valence-electron chi connectivity index (χ2n) is 7.69. The van der Waals surface area contributed by atoms with Gasteiger partial charge in [-0.3, -0.25) is 9.63 Å². The van der Waals surface area contributed by atoms with Crippen LogP contribution >= 0.6 is 0 Å². The van der Waals surface area contributed by atoms with Gasteiger partial charge in [-0.1, -0.05) is 18.2 Å². The van der Waals surface area contributed by atoms with Gasteiger partial charge in [0.15, 0.2) is 0 Å². The Kier molecular flexibility index (Phi) is 4.27. The number of aromatic nitrogens is 1. The summed E-state index contributed by atoms with van der Waals surface area (Å²) in [4.78, 5) is 22.2. The lowest BCUT2D eigenvalue weighted by Crippen LogP contribution is -2.46. The van der Waals surface area contributed by atoms with Crippen LogP contribution in [0.1, 0.15) is 24.0 Å². The summed E-state index contributed by atoms with van der Waals surface area (Å²) in [6.07, 6.45) is 6.95. The van der Waals surface area contributed by atoms with Crippen LogP contribution in [0.4, 0.5) is 0 Å². The molecule has 0 saturated carbocycles. The number of rotatable bonds is 3. The molecule has 1 aromatic heterocycles. The third-order valence-corrected chi connectivity index (χ3v) is 5.97. The van der Waals surface area contributed by atoms with Crippen molar-refractivity contribution in [2.45, 2.75) is 31.4 Å². The van der Waals surface area contributed by atoms with Crippen LogP contribution in [0.3, 0.4) is 0 Å². The van der Waals surface area contributed by atoms with Gasteiger partial charge in [-0.25, -0.2) is 5.06 Å². The van der Waals surface area contributed by atoms with Gasteiger partial charge in [0.25, 0.3) is 5.91 Å². The topological polar surface area (TPSA) is 66.6 Å². The number of benzene rings is 1. The van der Waals surface area contributed by atoms with E-state index in [-0.39, 0.29) is 24.0 Å². The molecule has 1 amide bonds. The number of ether oxygens (including phenoxy) is 1. The second kappa shape index (κ2) is 6.78. The first-order valence-corrected chi connectivity index (χ1v) is 9.77. The van der Waals surface area contributed by atoms with Gasteiger partial charge in [0.05, 0.1) is 12.0 Å². The lowest BCUT2D eigenvalue weighted by molar-refractivity contribution is -0.209. The predicted molar refractivity (Wildman–Crippen MR) is 103 cm³/mol. The average molecular weight is 367 g/mol. The molecule has 27 heavy (non-hydrogen) atoms. The highest BCUT2D eigenvalue weighted by atomic mass is 16.7. The van der Waals surface area contributed by atoms with Crippen LogP contribution in [0.25, 0.3) is 16.5 Å². The molecule has 1 aliphatic carbocycles. The minimum Gasteiger partial charge on any atom is -0.381 e. The third kappa shape index (κ3) is 2.98. The van der Waals surface area contributed by atoms with E-state index >= 15 is 0 Å². The van der Waals surface area contributed by atoms with Gasteiger partial charge >= 0.3 is 0 Å². The first kappa shape index (κ1) is 17.0. The van der Waals surface area contributed by atoms with E-state index in [0.717, 1.165) is 24.8 Å². The van der Waals surface area contributed by atoms with Crippen LogP contribution in [0.2, 0.25) is 0 Å². The van der Waals surface area contributed by atoms with Crippen molar-refractivity contribution < 1.29 is 14.4 Å². The lowest BCUT2D eigenvalue weighted by atomic mass is 9.80. The smallest absolute Gasteiger partial charge is 0.254 e. The van der Waals surface area contributed by atoms with Gasteiger partial charge in [-0.05, 0) is 42.0 Å². The van der Waals surface area contributed by atoms with Crippen LogP contribution in [-0.2, 0) is 20.8 Å². The maximum absolute atomic E-state index is 13.0. The molecule has 3 heterocycles. The molecule has 1 saturated heterocycles. The number of fused-ring (bicyclic) bond motifs is 2. The zero-order valence-corrected chi connectivity index (χ0v) is 15.5. The van der Waals surface area contributed by atoms with Crippen molar-refractivity contribution in [1.29, 1.82) is 0 Å². The molecule has 2 aliphatic heterocycles. The number of carbonyl (C=O) groups excluding carboxylic acids is 1. The molecule has 6 nitrogen and oxygen atoms in total. The normalized spacial score (nSPS) is 25.1. The molecular weight excluding hydrogens is 342 g/mol. The quantitative estimate of drug-likeness (QED) is 0.817. The molecule has 2 atom stereocenters. The highest BCUT2D eigenvalue weighted by Crippen LogP contribution is 2.38. The number of hydrogen-bond acceptors (Lipinski definition) is 4. The monoisotopic (exact) mass is 367 g/mol. The molecule has 6 heteroatoms. The highest BCUT2D eigenvalue weighted by Gasteiger charge is 2.34. The zero-order valence-electron chi connectivity index (χ0n) is 15.5. The Balaban J connectivity index is 1.39. The minimum atomic E-state index is -0.211. The molecule has 5 rings (SSSR count). The van der Waals surface area contributed by atoms with E-state index in [9.17, 15) is 4.79 Å². The van der Waals surface area contributed by atoms with Crippen molar-refractivity contribution in [2.24, 2.45) is 5.92 Å². The van der Waals surface area contributed by atoms with E-state index in [0.29, 0.717) is 19.8 Å². The first-order chi connectivity index (χ1) is 13.2. The Morgan fingerprint density at radius 2 is 2.15 bits per heavy atom. The summed E-state index contributed by atoms with van der Waals surface area (Å²) in [6, 6.07) is 6.61. The van der Waals surface area contributed by atoms with Gasteiger partial charge in [-0.15, -0.1) is 0 Å². The molecular formula is C21H25N3O3. The standard InChI is InChI=1S/C21H25N3O3/c1-24(27-15-5-7-26-8-6-15)21(25)14-9-17-16-3-2-4-18-20(16)13(11-22-18)10-19(17)23-12-14/h2-4,9,11,14-15,19,22-23H,5-8,10,12H2,1H3/t14-,19-/m1/s1. The van der Waals surface area contributed by atoms with Crippen LogP contribution < -0.4 is 5.32 Å². The molecule has 142 valence electrons. The van der Waals surface area contributed by atoms with Crippen molar-refractivity contribution >= 4 is 22.4 Å². The number of nitrogens with zero attached hydrogens (tertiary/aromatic N) is 1. The molecule has 2 aromatic rings. The van der Waals surface area contributed by atoms with E-state index in [1.807, 2.05) is 0 Å². The van der Waals surface area contributed by atoms with Crippen molar-refractivity contribution in [3.05, 3.63) is 41.6 Å². The molecule has 1 fully saturated rings. The summed E-state index contributed by atoms with van der Waals surface area (Å²) < 4.78 is 5.36. The van der Waals surface area contributed by atoms with Crippen molar-refractivity contribution in [3.63, 3.8) is 0 Å². The van der Waals surface area contributed by atoms with Gasteiger partial charge in [-0.2, -0.15) is 0 Å². The SMILES string of the molecule is CN(OC1CCOCC1)C(=O)[C@@H]1C=C2c3cccc4[nH]cc(c34)C[C@H]2NC1. The number of hydroxylamine groups is 2. The van der Waals surface area contributed by atoms with E-state index in [2.05, 4.69) is 40.8 Å². The summed E-state index contributed by atoms with van der Waals surface area (Å²) in [5, 5.41) is 6.31. The fraction of sp³-hybridized carbons (Fsp3) is 0.476. The number of H-pyrrole nitrogens is 1. The number of nitrogens with one attached hydrogen (secondary N) is 2. The van der Waals surface area contributed by atoms with Crippen LogP contribution in [-0.4, -0.2) is 54.9 Å². The van der Waals surface area contributed by atoms with Gasteiger partial charge in [0, 0.05) is 49.9 Å². The van der Waals surface area contributed by atoms with Crippen LogP contribution in [0.5, 0.6) is 0 Å².